The summed E-state index contributed by atoms with van der Waals surface area (Å²) in [5, 5.41) is 6.71. The van der Waals surface area contributed by atoms with Gasteiger partial charge in [-0.3, -0.25) is 0 Å². The number of aromatic nitrogens is 2. The van der Waals surface area contributed by atoms with Crippen molar-refractivity contribution in [3.05, 3.63) is 18.2 Å². The molecule has 0 spiro atoms. The molecule has 0 atom stereocenters. The van der Waals surface area contributed by atoms with E-state index in [0.717, 1.165) is 29.8 Å². The second-order valence-electron chi connectivity index (χ2n) is 3.44. The van der Waals surface area contributed by atoms with Gasteiger partial charge in [0.2, 0.25) is 0 Å². The Morgan fingerprint density at radius 2 is 2.29 bits per heavy atom. The number of rotatable bonds is 2. The van der Waals surface area contributed by atoms with Gasteiger partial charge in [-0.2, -0.15) is 0 Å². The van der Waals surface area contributed by atoms with Crippen molar-refractivity contribution in [2.45, 2.75) is 6.04 Å². The summed E-state index contributed by atoms with van der Waals surface area (Å²) in [6.45, 7) is 2.10. The van der Waals surface area contributed by atoms with Crippen LogP contribution in [0.25, 0.3) is 11.0 Å². The minimum atomic E-state index is 0.0674. The molecule has 0 amide bonds. The Hall–Kier alpha value is -0.901. The molecule has 72 valence electrons. The van der Waals surface area contributed by atoms with Crippen molar-refractivity contribution in [1.29, 1.82) is 0 Å². The van der Waals surface area contributed by atoms with Crippen LogP contribution in [0.15, 0.2) is 18.2 Å². The molecule has 1 fully saturated rings. The summed E-state index contributed by atoms with van der Waals surface area (Å²) in [6.07, 6.45) is 0. The molecule has 1 aliphatic rings. The molecular weight excluding hydrogens is 243 g/mol. The molecule has 0 unspecified atom stereocenters. The van der Waals surface area contributed by atoms with Crippen molar-refractivity contribution in [3.8, 4) is 0 Å². The van der Waals surface area contributed by atoms with Crippen LogP contribution in [0.2, 0.25) is 0 Å². The van der Waals surface area contributed by atoms with Crippen molar-refractivity contribution in [2.75, 3.05) is 18.4 Å². The van der Waals surface area contributed by atoms with Crippen LogP contribution in [-0.2, 0) is 0 Å². The first-order valence-corrected chi connectivity index (χ1v) is 6.15. The van der Waals surface area contributed by atoms with Gasteiger partial charge in [0.15, 0.2) is 0 Å². The first-order chi connectivity index (χ1) is 6.93. The monoisotopic (exact) mass is 254 g/mol. The Morgan fingerprint density at radius 1 is 1.36 bits per heavy atom. The maximum atomic E-state index is 4.42. The van der Waals surface area contributed by atoms with Gasteiger partial charge in [-0.1, -0.05) is 0 Å². The van der Waals surface area contributed by atoms with Gasteiger partial charge in [0.05, 0.1) is 0 Å². The third kappa shape index (κ3) is 1.34. The zero-order valence-corrected chi connectivity index (χ0v) is 9.24. The Bertz CT molecular complexity index is 449. The van der Waals surface area contributed by atoms with Crippen molar-refractivity contribution < 1.29 is 0 Å². The Kier molecular flexibility index (Phi) is 2.01. The molecular formula is C9H10N4Se. The third-order valence-electron chi connectivity index (χ3n) is 2.43. The summed E-state index contributed by atoms with van der Waals surface area (Å²) < 4.78 is 8.77. The summed E-state index contributed by atoms with van der Waals surface area (Å²) in [6, 6.07) is 6.70. The summed E-state index contributed by atoms with van der Waals surface area (Å²) in [5.41, 5.74) is 3.24. The molecule has 4 nitrogen and oxygen atoms in total. The Balaban J connectivity index is 1.97. The normalized spacial score (nSPS) is 16.9. The average Bonchev–Trinajstić information content (AvgIpc) is 2.59. The second kappa shape index (κ2) is 3.35. The third-order valence-corrected chi connectivity index (χ3v) is 3.57. The molecule has 2 heterocycles. The first-order valence-electron chi connectivity index (χ1n) is 4.62. The van der Waals surface area contributed by atoms with Gasteiger partial charge in [-0.05, 0) is 0 Å². The van der Waals surface area contributed by atoms with E-state index in [-0.39, 0.29) is 15.0 Å². The molecule has 0 radical (unpaired) electrons. The molecule has 1 saturated heterocycles. The Labute approximate surface area is 87.9 Å². The van der Waals surface area contributed by atoms with E-state index in [9.17, 15) is 0 Å². The van der Waals surface area contributed by atoms with Gasteiger partial charge >= 0.3 is 87.6 Å². The van der Waals surface area contributed by atoms with Gasteiger partial charge in [0.1, 0.15) is 0 Å². The van der Waals surface area contributed by atoms with Gasteiger partial charge < -0.3 is 0 Å². The molecule has 0 bridgehead atoms. The number of anilines is 1. The SMILES string of the molecule is c1cc(NC2CNC2)c2n[se]nc2c1. The fraction of sp³-hybridized carbons (Fsp3) is 0.333. The van der Waals surface area contributed by atoms with Crippen LogP contribution >= 0.6 is 0 Å². The molecule has 2 aromatic rings. The first kappa shape index (κ1) is 8.41. The molecule has 5 heteroatoms. The Morgan fingerprint density at radius 3 is 3.07 bits per heavy atom. The van der Waals surface area contributed by atoms with Crippen molar-refractivity contribution in [2.24, 2.45) is 0 Å². The molecule has 1 aromatic carbocycles. The van der Waals surface area contributed by atoms with Gasteiger partial charge in [0, 0.05) is 0 Å². The zero-order valence-electron chi connectivity index (χ0n) is 7.53. The molecule has 14 heavy (non-hydrogen) atoms. The predicted molar refractivity (Wildman–Crippen MR) is 56.8 cm³/mol. The van der Waals surface area contributed by atoms with Crippen molar-refractivity contribution in [1.82, 2.24) is 13.3 Å². The standard InChI is InChI=1S/C9H10N4Se/c1-2-7(11-6-4-10-5-6)9-8(3-1)12-14-13-9/h1-3,6,10-11H,4-5H2. The molecule has 0 saturated carbocycles. The van der Waals surface area contributed by atoms with Crippen LogP contribution in [0.1, 0.15) is 0 Å². The second-order valence-corrected chi connectivity index (χ2v) is 4.55. The van der Waals surface area contributed by atoms with E-state index in [1.54, 1.807) is 0 Å². The van der Waals surface area contributed by atoms with Crippen LogP contribution < -0.4 is 10.6 Å². The fourth-order valence-corrected chi connectivity index (χ4v) is 2.69. The van der Waals surface area contributed by atoms with Crippen LogP contribution in [0, 0.1) is 0 Å². The quantitative estimate of drug-likeness (QED) is 0.744. The summed E-state index contributed by atoms with van der Waals surface area (Å²) >= 11 is 0.0674. The minimum absolute atomic E-state index is 0.0674. The van der Waals surface area contributed by atoms with E-state index in [0.29, 0.717) is 6.04 Å². The van der Waals surface area contributed by atoms with E-state index in [1.807, 2.05) is 12.1 Å². The topological polar surface area (TPSA) is 49.8 Å². The number of hydrogen-bond acceptors (Lipinski definition) is 4. The van der Waals surface area contributed by atoms with E-state index in [2.05, 4.69) is 24.7 Å². The zero-order chi connectivity index (χ0) is 9.38. The van der Waals surface area contributed by atoms with Crippen LogP contribution in [0.5, 0.6) is 0 Å². The van der Waals surface area contributed by atoms with Crippen molar-refractivity contribution in [3.63, 3.8) is 0 Å². The summed E-state index contributed by atoms with van der Waals surface area (Å²) in [4.78, 5) is 0. The van der Waals surface area contributed by atoms with E-state index in [1.165, 1.54) is 0 Å². The molecule has 1 aliphatic heterocycles. The molecule has 2 N–H and O–H groups in total. The number of hydrogen-bond donors (Lipinski definition) is 2. The average molecular weight is 253 g/mol. The van der Waals surface area contributed by atoms with Gasteiger partial charge in [-0.25, -0.2) is 0 Å². The van der Waals surface area contributed by atoms with Gasteiger partial charge in [-0.15, -0.1) is 0 Å². The number of fused-ring (bicyclic) bond motifs is 1. The van der Waals surface area contributed by atoms with Crippen LogP contribution in [0.4, 0.5) is 5.69 Å². The summed E-state index contributed by atoms with van der Waals surface area (Å²) in [5.74, 6) is 0. The fourth-order valence-electron chi connectivity index (χ4n) is 1.53. The van der Waals surface area contributed by atoms with Crippen molar-refractivity contribution >= 4 is 31.7 Å². The van der Waals surface area contributed by atoms with Crippen LogP contribution in [0.3, 0.4) is 0 Å². The molecule has 3 rings (SSSR count). The van der Waals surface area contributed by atoms with Crippen LogP contribution in [-0.4, -0.2) is 42.1 Å². The molecule has 1 aromatic heterocycles. The maximum absolute atomic E-state index is 4.42. The number of nitrogens with one attached hydrogen (secondary N) is 2. The number of benzene rings is 1. The van der Waals surface area contributed by atoms with Gasteiger partial charge in [0.25, 0.3) is 0 Å². The number of nitrogens with zero attached hydrogens (tertiary/aromatic N) is 2. The van der Waals surface area contributed by atoms with E-state index < -0.39 is 0 Å². The predicted octanol–water partition coefficient (Wildman–Crippen LogP) is 0.0705. The molecule has 0 aliphatic carbocycles. The van der Waals surface area contributed by atoms with E-state index >= 15 is 0 Å². The van der Waals surface area contributed by atoms with E-state index in [4.69, 9.17) is 0 Å². The summed E-state index contributed by atoms with van der Waals surface area (Å²) in [7, 11) is 0.